The number of carbonyl (C=O) groups is 3. The minimum absolute atomic E-state index is 0.00340. The predicted molar refractivity (Wildman–Crippen MR) is 129 cm³/mol. The van der Waals surface area contributed by atoms with Crippen molar-refractivity contribution in [1.29, 1.82) is 0 Å². The number of carbonyl (C=O) groups excluding carboxylic acids is 2. The predicted octanol–water partition coefficient (Wildman–Crippen LogP) is 2.59. The number of urea groups is 1. The Morgan fingerprint density at radius 3 is 2.35 bits per heavy atom. The Kier molecular flexibility index (Phi) is 6.51. The van der Waals surface area contributed by atoms with E-state index < -0.39 is 5.97 Å². The summed E-state index contributed by atoms with van der Waals surface area (Å²) in [5, 5.41) is 9.31. The largest absolute Gasteiger partial charge is 0.480 e. The SMILES string of the molecule is CN1CCc2ccc(N3CCN([C@H]4CC[C@H](N(CC(=O)O)C(=O)C5CC5)CC4)C3=O)cc2CC1. The van der Waals surface area contributed by atoms with Crippen LogP contribution in [0.25, 0.3) is 0 Å². The van der Waals surface area contributed by atoms with Crippen LogP contribution in [-0.4, -0.2) is 89.6 Å². The van der Waals surface area contributed by atoms with Crippen LogP contribution < -0.4 is 4.90 Å². The zero-order chi connectivity index (χ0) is 23.8. The van der Waals surface area contributed by atoms with Crippen molar-refractivity contribution in [2.45, 2.75) is 63.5 Å². The van der Waals surface area contributed by atoms with Crippen LogP contribution in [0, 0.1) is 5.92 Å². The number of hydrogen-bond donors (Lipinski definition) is 1. The lowest BCUT2D eigenvalue weighted by Gasteiger charge is -2.39. The molecule has 8 heteroatoms. The molecule has 8 nitrogen and oxygen atoms in total. The van der Waals surface area contributed by atoms with Crippen molar-refractivity contribution in [3.05, 3.63) is 29.3 Å². The lowest BCUT2D eigenvalue weighted by atomic mass is 9.89. The highest BCUT2D eigenvalue weighted by molar-refractivity contribution is 5.94. The van der Waals surface area contributed by atoms with E-state index in [0.717, 1.165) is 70.1 Å². The van der Waals surface area contributed by atoms with Crippen molar-refractivity contribution < 1.29 is 19.5 Å². The van der Waals surface area contributed by atoms with E-state index in [1.807, 2.05) is 9.80 Å². The molecule has 0 spiro atoms. The summed E-state index contributed by atoms with van der Waals surface area (Å²) in [5.74, 6) is -0.926. The average Bonchev–Trinajstić information content (AvgIpc) is 3.63. The molecule has 2 heterocycles. The van der Waals surface area contributed by atoms with Crippen LogP contribution in [0.4, 0.5) is 10.5 Å². The van der Waals surface area contributed by atoms with Crippen LogP contribution in [0.5, 0.6) is 0 Å². The lowest BCUT2D eigenvalue weighted by molar-refractivity contribution is -0.147. The number of anilines is 1. The van der Waals surface area contributed by atoms with Gasteiger partial charge in [-0.15, -0.1) is 0 Å². The van der Waals surface area contributed by atoms with E-state index >= 15 is 0 Å². The summed E-state index contributed by atoms with van der Waals surface area (Å²) in [6, 6.07) is 6.70. The fourth-order valence-electron chi connectivity index (χ4n) is 5.90. The summed E-state index contributed by atoms with van der Waals surface area (Å²) in [6.45, 7) is 3.31. The van der Waals surface area contributed by atoms with Crippen LogP contribution in [0.3, 0.4) is 0 Å². The maximum absolute atomic E-state index is 13.4. The van der Waals surface area contributed by atoms with Crippen LogP contribution in [0.15, 0.2) is 18.2 Å². The summed E-state index contributed by atoms with van der Waals surface area (Å²) in [7, 11) is 2.16. The molecule has 3 fully saturated rings. The standard InChI is InChI=1S/C26H36N4O4/c1-27-12-10-18-4-5-23(16-20(18)11-13-27)29-15-14-28(26(29)34)21-6-8-22(9-7-21)30(17-24(31)32)25(33)19-2-3-19/h4-5,16,19,21-22H,2-3,6-15,17H2,1H3,(H,31,32)/t21-,22-. The van der Waals surface area contributed by atoms with Crippen LogP contribution >= 0.6 is 0 Å². The summed E-state index contributed by atoms with van der Waals surface area (Å²) in [4.78, 5) is 45.2. The molecule has 0 bridgehead atoms. The molecule has 1 N–H and O–H groups in total. The molecule has 2 aliphatic carbocycles. The van der Waals surface area contributed by atoms with Crippen molar-refractivity contribution in [3.8, 4) is 0 Å². The number of carboxylic acid groups (broad SMARTS) is 1. The number of carboxylic acids is 1. The van der Waals surface area contributed by atoms with Gasteiger partial charge in [0.2, 0.25) is 5.91 Å². The van der Waals surface area contributed by atoms with Gasteiger partial charge in [0, 0.05) is 49.9 Å². The van der Waals surface area contributed by atoms with Crippen molar-refractivity contribution in [2.75, 3.05) is 44.7 Å². The zero-order valence-electron chi connectivity index (χ0n) is 20.1. The van der Waals surface area contributed by atoms with Crippen molar-refractivity contribution in [3.63, 3.8) is 0 Å². The first-order chi connectivity index (χ1) is 16.4. The third-order valence-electron chi connectivity index (χ3n) is 8.13. The van der Waals surface area contributed by atoms with E-state index in [0.29, 0.717) is 13.1 Å². The van der Waals surface area contributed by atoms with Gasteiger partial charge in [-0.1, -0.05) is 6.07 Å². The molecule has 0 atom stereocenters. The first-order valence-corrected chi connectivity index (χ1v) is 12.8. The van der Waals surface area contributed by atoms with Crippen LogP contribution in [0.1, 0.15) is 49.7 Å². The number of aliphatic carboxylic acids is 1. The molecule has 34 heavy (non-hydrogen) atoms. The normalized spacial score (nSPS) is 25.7. The maximum atomic E-state index is 13.4. The lowest BCUT2D eigenvalue weighted by Crippen LogP contribution is -2.49. The second kappa shape index (κ2) is 9.56. The molecular weight excluding hydrogens is 432 g/mol. The number of benzene rings is 1. The first kappa shape index (κ1) is 23.1. The summed E-state index contributed by atoms with van der Waals surface area (Å²) < 4.78 is 0. The second-order valence-corrected chi connectivity index (χ2v) is 10.5. The smallest absolute Gasteiger partial charge is 0.324 e. The second-order valence-electron chi connectivity index (χ2n) is 10.5. The summed E-state index contributed by atoms with van der Waals surface area (Å²) >= 11 is 0. The van der Waals surface area contributed by atoms with Crippen molar-refractivity contribution >= 4 is 23.6 Å². The fourth-order valence-corrected chi connectivity index (χ4v) is 5.90. The minimum atomic E-state index is -0.950. The Morgan fingerprint density at radius 2 is 1.68 bits per heavy atom. The molecule has 3 amide bonds. The van der Waals surface area contributed by atoms with Gasteiger partial charge >= 0.3 is 12.0 Å². The molecule has 1 saturated heterocycles. The van der Waals surface area contributed by atoms with Gasteiger partial charge < -0.3 is 19.8 Å². The number of nitrogens with zero attached hydrogens (tertiary/aromatic N) is 4. The molecule has 1 aromatic carbocycles. The Labute approximate surface area is 201 Å². The van der Waals surface area contributed by atoms with Gasteiger partial charge in [0.05, 0.1) is 0 Å². The van der Waals surface area contributed by atoms with Gasteiger partial charge in [-0.3, -0.25) is 14.5 Å². The molecule has 4 aliphatic rings. The minimum Gasteiger partial charge on any atom is -0.480 e. The van der Waals surface area contributed by atoms with Gasteiger partial charge in [-0.2, -0.15) is 0 Å². The third-order valence-corrected chi connectivity index (χ3v) is 8.13. The molecule has 1 aromatic rings. The quantitative estimate of drug-likeness (QED) is 0.694. The van der Waals surface area contributed by atoms with E-state index in [2.05, 4.69) is 30.1 Å². The molecular formula is C26H36N4O4. The monoisotopic (exact) mass is 468 g/mol. The highest BCUT2D eigenvalue weighted by Crippen LogP contribution is 2.35. The summed E-state index contributed by atoms with van der Waals surface area (Å²) in [6.07, 6.45) is 6.96. The maximum Gasteiger partial charge on any atom is 0.324 e. The van der Waals surface area contributed by atoms with E-state index in [1.165, 1.54) is 11.1 Å². The van der Waals surface area contributed by atoms with Gasteiger partial charge in [0.1, 0.15) is 6.54 Å². The Hall–Kier alpha value is -2.61. The van der Waals surface area contributed by atoms with E-state index in [9.17, 15) is 19.5 Å². The number of likely N-dealkylation sites (N-methyl/N-ethyl adjacent to an activating group) is 1. The zero-order valence-corrected chi connectivity index (χ0v) is 20.1. The third kappa shape index (κ3) is 4.78. The number of fused-ring (bicyclic) bond motifs is 1. The van der Waals surface area contributed by atoms with E-state index in [4.69, 9.17) is 0 Å². The topological polar surface area (TPSA) is 84.4 Å². The molecule has 0 unspecified atom stereocenters. The van der Waals surface area contributed by atoms with E-state index in [-0.39, 0.29) is 36.5 Å². The van der Waals surface area contributed by atoms with E-state index in [1.54, 1.807) is 4.90 Å². The molecule has 2 saturated carbocycles. The number of amides is 3. The van der Waals surface area contributed by atoms with Gasteiger partial charge in [-0.05, 0) is 81.7 Å². The average molecular weight is 469 g/mol. The Morgan fingerprint density at radius 1 is 0.971 bits per heavy atom. The first-order valence-electron chi connectivity index (χ1n) is 12.8. The summed E-state index contributed by atoms with van der Waals surface area (Å²) in [5.41, 5.74) is 3.74. The van der Waals surface area contributed by atoms with Crippen LogP contribution in [-0.2, 0) is 22.4 Å². The number of hydrogen-bond acceptors (Lipinski definition) is 4. The highest BCUT2D eigenvalue weighted by atomic mass is 16.4. The van der Waals surface area contributed by atoms with Crippen LogP contribution in [0.2, 0.25) is 0 Å². The Balaban J connectivity index is 1.21. The molecule has 0 aromatic heterocycles. The van der Waals surface area contributed by atoms with Gasteiger partial charge in [-0.25, -0.2) is 4.79 Å². The molecule has 0 radical (unpaired) electrons. The fraction of sp³-hybridized carbons (Fsp3) is 0.654. The molecule has 5 rings (SSSR count). The van der Waals surface area contributed by atoms with Gasteiger partial charge in [0.25, 0.3) is 0 Å². The highest BCUT2D eigenvalue weighted by Gasteiger charge is 2.41. The van der Waals surface area contributed by atoms with Crippen molar-refractivity contribution in [1.82, 2.24) is 14.7 Å². The van der Waals surface area contributed by atoms with Gasteiger partial charge in [0.15, 0.2) is 0 Å². The van der Waals surface area contributed by atoms with Crippen molar-refractivity contribution in [2.24, 2.45) is 5.92 Å². The molecule has 184 valence electrons. The Bertz CT molecular complexity index is 954. The molecule has 2 aliphatic heterocycles. The number of rotatable bonds is 6.